The first-order valence-corrected chi connectivity index (χ1v) is 7.97. The standard InChI is InChI=1S/C14H22BrN3O/c1-3-12-8-13(18(2)17-12)14(19)16-9-10-4-6-11(15)7-5-10/h8,10-11H,3-7,9H2,1-2H3,(H,16,19). The first-order valence-electron chi connectivity index (χ1n) is 7.05. The highest BCUT2D eigenvalue weighted by Crippen LogP contribution is 2.28. The fourth-order valence-electron chi connectivity index (χ4n) is 2.57. The van der Waals surface area contributed by atoms with E-state index < -0.39 is 0 Å². The van der Waals surface area contributed by atoms with Crippen molar-refractivity contribution in [3.8, 4) is 0 Å². The van der Waals surface area contributed by atoms with Crippen molar-refractivity contribution < 1.29 is 4.79 Å². The Labute approximate surface area is 123 Å². The van der Waals surface area contributed by atoms with Crippen molar-refractivity contribution in [2.45, 2.75) is 43.9 Å². The van der Waals surface area contributed by atoms with Crippen LogP contribution >= 0.6 is 15.9 Å². The number of aromatic nitrogens is 2. The van der Waals surface area contributed by atoms with E-state index in [0.717, 1.165) is 18.7 Å². The molecule has 0 spiro atoms. The molecule has 0 aliphatic heterocycles. The molecule has 1 saturated carbocycles. The quantitative estimate of drug-likeness (QED) is 0.864. The molecule has 1 amide bonds. The van der Waals surface area contributed by atoms with Gasteiger partial charge in [-0.05, 0) is 44.1 Å². The first kappa shape index (κ1) is 14.6. The average molecular weight is 328 g/mol. The van der Waals surface area contributed by atoms with Gasteiger partial charge in [-0.2, -0.15) is 5.10 Å². The van der Waals surface area contributed by atoms with E-state index in [2.05, 4.69) is 26.3 Å². The smallest absolute Gasteiger partial charge is 0.269 e. The van der Waals surface area contributed by atoms with Gasteiger partial charge in [0.2, 0.25) is 0 Å². The Hall–Kier alpha value is -0.840. The van der Waals surface area contributed by atoms with Crippen LogP contribution in [0.3, 0.4) is 0 Å². The van der Waals surface area contributed by atoms with Crippen LogP contribution in [0.1, 0.15) is 48.8 Å². The molecule has 1 aliphatic rings. The molecule has 0 saturated heterocycles. The Kier molecular flexibility index (Phi) is 5.02. The van der Waals surface area contributed by atoms with Gasteiger partial charge in [-0.15, -0.1) is 0 Å². The van der Waals surface area contributed by atoms with Crippen LogP contribution < -0.4 is 5.32 Å². The van der Waals surface area contributed by atoms with E-state index in [4.69, 9.17) is 0 Å². The molecule has 1 N–H and O–H groups in total. The first-order chi connectivity index (χ1) is 9.10. The predicted molar refractivity (Wildman–Crippen MR) is 79.6 cm³/mol. The fourth-order valence-corrected chi connectivity index (χ4v) is 3.09. The van der Waals surface area contributed by atoms with Gasteiger partial charge in [0.05, 0.1) is 5.69 Å². The molecule has 0 atom stereocenters. The van der Waals surface area contributed by atoms with Crippen molar-refractivity contribution in [2.75, 3.05) is 6.54 Å². The van der Waals surface area contributed by atoms with Gasteiger partial charge in [-0.25, -0.2) is 0 Å². The van der Waals surface area contributed by atoms with E-state index in [-0.39, 0.29) is 5.91 Å². The van der Waals surface area contributed by atoms with E-state index in [1.165, 1.54) is 25.7 Å². The van der Waals surface area contributed by atoms with Gasteiger partial charge < -0.3 is 5.32 Å². The zero-order chi connectivity index (χ0) is 13.8. The van der Waals surface area contributed by atoms with Gasteiger partial charge in [-0.3, -0.25) is 9.48 Å². The topological polar surface area (TPSA) is 46.9 Å². The maximum atomic E-state index is 12.1. The number of hydrogen-bond donors (Lipinski definition) is 1. The Morgan fingerprint density at radius 2 is 2.16 bits per heavy atom. The lowest BCUT2D eigenvalue weighted by atomic mass is 9.89. The molecule has 0 unspecified atom stereocenters. The summed E-state index contributed by atoms with van der Waals surface area (Å²) >= 11 is 3.65. The van der Waals surface area contributed by atoms with Gasteiger partial charge in [0.1, 0.15) is 5.69 Å². The highest BCUT2D eigenvalue weighted by atomic mass is 79.9. The summed E-state index contributed by atoms with van der Waals surface area (Å²) in [5.41, 5.74) is 1.62. The van der Waals surface area contributed by atoms with Crippen LogP contribution in [0.5, 0.6) is 0 Å². The molecule has 2 rings (SSSR count). The van der Waals surface area contributed by atoms with Gasteiger partial charge in [-0.1, -0.05) is 22.9 Å². The van der Waals surface area contributed by atoms with Crippen LogP contribution in [-0.4, -0.2) is 27.1 Å². The van der Waals surface area contributed by atoms with Crippen molar-refractivity contribution in [2.24, 2.45) is 13.0 Å². The molecule has 5 heteroatoms. The molecule has 0 aromatic carbocycles. The van der Waals surface area contributed by atoms with Crippen LogP contribution in [0.15, 0.2) is 6.07 Å². The Balaban J connectivity index is 1.85. The third-order valence-corrected chi connectivity index (χ3v) is 4.77. The number of nitrogens with zero attached hydrogens (tertiary/aromatic N) is 2. The maximum absolute atomic E-state index is 12.1. The molecule has 0 radical (unpaired) electrons. The molecule has 1 heterocycles. The zero-order valence-corrected chi connectivity index (χ0v) is 13.2. The second-order valence-corrected chi connectivity index (χ2v) is 6.62. The van der Waals surface area contributed by atoms with Crippen molar-refractivity contribution in [1.29, 1.82) is 0 Å². The van der Waals surface area contributed by atoms with Crippen LogP contribution in [0.4, 0.5) is 0 Å². The average Bonchev–Trinajstić information content (AvgIpc) is 2.79. The van der Waals surface area contributed by atoms with E-state index >= 15 is 0 Å². The second kappa shape index (κ2) is 6.55. The summed E-state index contributed by atoms with van der Waals surface area (Å²) in [5.74, 6) is 0.618. The number of halogens is 1. The van der Waals surface area contributed by atoms with Gasteiger partial charge in [0.25, 0.3) is 5.91 Å². The molecule has 106 valence electrons. The van der Waals surface area contributed by atoms with Crippen LogP contribution in [-0.2, 0) is 13.5 Å². The molecule has 4 nitrogen and oxygen atoms in total. The van der Waals surface area contributed by atoms with Crippen LogP contribution in [0.25, 0.3) is 0 Å². The zero-order valence-electron chi connectivity index (χ0n) is 11.7. The molecule has 1 aromatic heterocycles. The second-order valence-electron chi connectivity index (χ2n) is 5.33. The monoisotopic (exact) mass is 327 g/mol. The number of carbonyl (C=O) groups is 1. The van der Waals surface area contributed by atoms with E-state index in [0.29, 0.717) is 16.4 Å². The lowest BCUT2D eigenvalue weighted by Gasteiger charge is -2.25. The molecular formula is C14H22BrN3O. The number of alkyl halides is 1. The molecule has 0 bridgehead atoms. The van der Waals surface area contributed by atoms with E-state index in [1.54, 1.807) is 4.68 Å². The third kappa shape index (κ3) is 3.81. The van der Waals surface area contributed by atoms with Crippen molar-refractivity contribution >= 4 is 21.8 Å². The van der Waals surface area contributed by atoms with E-state index in [1.807, 2.05) is 20.0 Å². The summed E-state index contributed by atoms with van der Waals surface area (Å²) in [5, 5.41) is 7.35. The number of amides is 1. The normalized spacial score (nSPS) is 23.3. The summed E-state index contributed by atoms with van der Waals surface area (Å²) in [4.78, 5) is 12.8. The highest BCUT2D eigenvalue weighted by Gasteiger charge is 2.20. The Morgan fingerprint density at radius 1 is 1.47 bits per heavy atom. The largest absolute Gasteiger partial charge is 0.350 e. The summed E-state index contributed by atoms with van der Waals surface area (Å²) in [7, 11) is 1.82. The Bertz CT molecular complexity index is 436. The molecule has 19 heavy (non-hydrogen) atoms. The molecular weight excluding hydrogens is 306 g/mol. The van der Waals surface area contributed by atoms with Crippen LogP contribution in [0.2, 0.25) is 0 Å². The summed E-state index contributed by atoms with van der Waals surface area (Å²) in [6, 6.07) is 1.88. The fraction of sp³-hybridized carbons (Fsp3) is 0.714. The number of carbonyl (C=O) groups excluding carboxylic acids is 1. The van der Waals surface area contributed by atoms with Crippen molar-refractivity contribution in [3.05, 3.63) is 17.5 Å². The molecule has 1 aromatic rings. The predicted octanol–water partition coefficient (Wildman–Crippen LogP) is 2.67. The third-order valence-electron chi connectivity index (χ3n) is 3.85. The van der Waals surface area contributed by atoms with E-state index in [9.17, 15) is 4.79 Å². The summed E-state index contributed by atoms with van der Waals surface area (Å²) < 4.78 is 1.67. The number of nitrogens with one attached hydrogen (secondary N) is 1. The minimum Gasteiger partial charge on any atom is -0.350 e. The SMILES string of the molecule is CCc1cc(C(=O)NCC2CCC(Br)CC2)n(C)n1. The number of rotatable bonds is 4. The number of aryl methyl sites for hydroxylation is 2. The Morgan fingerprint density at radius 3 is 2.74 bits per heavy atom. The summed E-state index contributed by atoms with van der Waals surface area (Å²) in [6.07, 6.45) is 5.68. The number of hydrogen-bond acceptors (Lipinski definition) is 2. The molecule has 1 aliphatic carbocycles. The summed E-state index contributed by atoms with van der Waals surface area (Å²) in [6.45, 7) is 2.83. The lowest BCUT2D eigenvalue weighted by Crippen LogP contribution is -2.32. The molecule has 1 fully saturated rings. The van der Waals surface area contributed by atoms with Crippen molar-refractivity contribution in [1.82, 2.24) is 15.1 Å². The minimum absolute atomic E-state index is 0.00401. The maximum Gasteiger partial charge on any atom is 0.269 e. The van der Waals surface area contributed by atoms with Crippen molar-refractivity contribution in [3.63, 3.8) is 0 Å². The van der Waals surface area contributed by atoms with Gasteiger partial charge in [0, 0.05) is 18.4 Å². The lowest BCUT2D eigenvalue weighted by molar-refractivity contribution is 0.0934. The highest BCUT2D eigenvalue weighted by molar-refractivity contribution is 9.09. The van der Waals surface area contributed by atoms with Gasteiger partial charge in [0.15, 0.2) is 0 Å². The minimum atomic E-state index is -0.00401. The van der Waals surface area contributed by atoms with Crippen LogP contribution in [0, 0.1) is 5.92 Å². The van der Waals surface area contributed by atoms with Gasteiger partial charge >= 0.3 is 0 Å².